The third kappa shape index (κ3) is 9.61. The lowest BCUT2D eigenvalue weighted by Crippen LogP contribution is -2.11. The van der Waals surface area contributed by atoms with Gasteiger partial charge in [0, 0.05) is 16.8 Å². The van der Waals surface area contributed by atoms with Gasteiger partial charge in [0.05, 0.1) is 23.3 Å². The fraction of sp³-hybridized carbons (Fsp3) is 0.400. The Hall–Kier alpha value is -2.77. The fourth-order valence-electron chi connectivity index (χ4n) is 3.29. The smallest absolute Gasteiger partial charge is 0.137 e. The van der Waals surface area contributed by atoms with Crippen molar-refractivity contribution in [3.63, 3.8) is 0 Å². The number of halogens is 2. The van der Waals surface area contributed by atoms with E-state index in [0.717, 1.165) is 57.1 Å². The summed E-state index contributed by atoms with van der Waals surface area (Å²) in [5.41, 5.74) is 12.8. The Labute approximate surface area is 211 Å². The Balaban J connectivity index is 1.49. The molecule has 0 spiro atoms. The zero-order valence-electron chi connectivity index (χ0n) is 19.3. The highest BCUT2D eigenvalue weighted by Gasteiger charge is 2.06. The average molecular weight is 506 g/mol. The zero-order valence-corrected chi connectivity index (χ0v) is 20.8. The number of ether oxygens (including phenoxy) is 2. The van der Waals surface area contributed by atoms with E-state index in [2.05, 4.69) is 0 Å². The van der Waals surface area contributed by atoms with Gasteiger partial charge in [0.2, 0.25) is 0 Å². The van der Waals surface area contributed by atoms with Crippen molar-refractivity contribution >= 4 is 40.6 Å². The summed E-state index contributed by atoms with van der Waals surface area (Å²) in [6.07, 6.45) is 7.32. The van der Waals surface area contributed by atoms with Gasteiger partial charge in [-0.25, -0.2) is 0 Å². The minimum absolute atomic E-state index is 0.0218. The van der Waals surface area contributed by atoms with E-state index in [1.54, 1.807) is 36.4 Å². The van der Waals surface area contributed by atoms with Crippen molar-refractivity contribution in [1.82, 2.24) is 0 Å². The van der Waals surface area contributed by atoms with Crippen LogP contribution in [0.15, 0.2) is 36.4 Å². The van der Waals surface area contributed by atoms with Crippen LogP contribution >= 0.6 is 23.2 Å². The number of amidine groups is 2. The first-order valence-electron chi connectivity index (χ1n) is 11.4. The maximum Gasteiger partial charge on any atom is 0.137 e. The minimum atomic E-state index is -0.0218. The largest absolute Gasteiger partial charge is 0.492 e. The predicted molar refractivity (Wildman–Crippen MR) is 141 cm³/mol. The van der Waals surface area contributed by atoms with Crippen LogP contribution in [0.3, 0.4) is 0 Å². The molecule has 2 rings (SSSR count). The highest BCUT2D eigenvalue weighted by Crippen LogP contribution is 2.26. The number of nitrogen functional groups attached to an aromatic ring is 2. The van der Waals surface area contributed by atoms with Crippen LogP contribution in [0, 0.1) is 16.2 Å². The van der Waals surface area contributed by atoms with Crippen molar-refractivity contribution in [2.24, 2.45) is 11.5 Å². The van der Waals surface area contributed by atoms with Crippen molar-refractivity contribution in [2.45, 2.75) is 51.4 Å². The van der Waals surface area contributed by atoms with Crippen molar-refractivity contribution in [3.05, 3.63) is 57.6 Å². The Bertz CT molecular complexity index is 920. The van der Waals surface area contributed by atoms with Crippen LogP contribution in [-0.2, 0) is 0 Å². The normalized spacial score (nSPS) is 10.6. The Morgan fingerprint density at radius 3 is 1.41 bits per heavy atom. The molecule has 0 amide bonds. The van der Waals surface area contributed by atoms with Crippen LogP contribution in [0.25, 0.3) is 0 Å². The molecule has 0 radical (unpaired) electrons. The van der Waals surface area contributed by atoms with Gasteiger partial charge in [0.25, 0.3) is 0 Å². The standard InChI is InChI=1S/C25H33Cl2N5O2/c26-20-15-17(24(29)30)9-11-22(20)33-13-5-1-3-7-19(28)8-4-2-6-14-34-23-12-10-18(25(31)32)16-21(23)27/h9-12,15-16,28H,1-8,13-14H2,(H3,29,30)(H3,31,32). The van der Waals surface area contributed by atoms with E-state index >= 15 is 0 Å². The van der Waals surface area contributed by atoms with Gasteiger partial charge in [-0.05, 0) is 87.8 Å². The molecule has 0 aliphatic rings. The topological polar surface area (TPSA) is 142 Å². The summed E-state index contributed by atoms with van der Waals surface area (Å²) < 4.78 is 11.4. The molecule has 0 aliphatic heterocycles. The number of unbranched alkanes of at least 4 members (excludes halogenated alkanes) is 4. The molecule has 0 heterocycles. The van der Waals surface area contributed by atoms with E-state index in [1.807, 2.05) is 0 Å². The zero-order chi connectivity index (χ0) is 24.9. The number of rotatable bonds is 16. The number of hydrogen-bond acceptors (Lipinski definition) is 5. The second-order valence-electron chi connectivity index (χ2n) is 8.04. The lowest BCUT2D eigenvalue weighted by Gasteiger charge is -2.10. The molecule has 2 aromatic rings. The number of benzene rings is 2. The van der Waals surface area contributed by atoms with E-state index in [1.165, 1.54) is 0 Å². The summed E-state index contributed by atoms with van der Waals surface area (Å²) >= 11 is 12.3. The fourth-order valence-corrected chi connectivity index (χ4v) is 3.76. The molecule has 0 bridgehead atoms. The molecule has 0 saturated heterocycles. The molecule has 0 saturated carbocycles. The molecule has 2 aromatic carbocycles. The summed E-state index contributed by atoms with van der Waals surface area (Å²) in [6, 6.07) is 10.2. The first-order valence-corrected chi connectivity index (χ1v) is 12.1. The van der Waals surface area contributed by atoms with Crippen LogP contribution < -0.4 is 20.9 Å². The second-order valence-corrected chi connectivity index (χ2v) is 8.85. The molecule has 7 N–H and O–H groups in total. The molecule has 0 aromatic heterocycles. The van der Waals surface area contributed by atoms with Gasteiger partial charge in [-0.3, -0.25) is 10.8 Å². The number of hydrogen-bond donors (Lipinski definition) is 5. The third-order valence-electron chi connectivity index (χ3n) is 5.25. The van der Waals surface area contributed by atoms with Gasteiger partial charge >= 0.3 is 0 Å². The van der Waals surface area contributed by atoms with Gasteiger partial charge in [0.1, 0.15) is 23.2 Å². The first kappa shape index (κ1) is 27.5. The molecular formula is C25H33Cl2N5O2. The van der Waals surface area contributed by atoms with E-state index < -0.39 is 0 Å². The monoisotopic (exact) mass is 505 g/mol. The average Bonchev–Trinajstić information content (AvgIpc) is 2.79. The van der Waals surface area contributed by atoms with E-state index in [0.29, 0.717) is 45.9 Å². The molecule has 9 heteroatoms. The summed E-state index contributed by atoms with van der Waals surface area (Å²) in [4.78, 5) is 0. The lowest BCUT2D eigenvalue weighted by molar-refractivity contribution is 0.305. The summed E-state index contributed by atoms with van der Waals surface area (Å²) in [6.45, 7) is 1.13. The Kier molecular flexibility index (Phi) is 11.7. The van der Waals surface area contributed by atoms with Crippen molar-refractivity contribution in [2.75, 3.05) is 13.2 Å². The first-order chi connectivity index (χ1) is 16.3. The molecule has 0 fully saturated rings. The van der Waals surface area contributed by atoms with E-state index in [-0.39, 0.29) is 11.7 Å². The summed E-state index contributed by atoms with van der Waals surface area (Å²) in [5, 5.41) is 23.9. The Morgan fingerprint density at radius 1 is 0.647 bits per heavy atom. The SMILES string of the molecule is N=C(CCCCCOc1ccc(C(=N)N)cc1Cl)CCCCCOc1ccc(C(=N)N)cc1Cl. The van der Waals surface area contributed by atoms with Crippen LogP contribution in [0.2, 0.25) is 10.0 Å². The van der Waals surface area contributed by atoms with E-state index in [4.69, 9.17) is 60.4 Å². The molecule has 0 unspecified atom stereocenters. The second kappa shape index (κ2) is 14.5. The summed E-state index contributed by atoms with van der Waals surface area (Å²) in [5.74, 6) is 1.15. The number of nitrogens with one attached hydrogen (secondary N) is 3. The lowest BCUT2D eigenvalue weighted by atomic mass is 10.1. The molecule has 7 nitrogen and oxygen atoms in total. The highest BCUT2D eigenvalue weighted by molar-refractivity contribution is 6.32. The molecular weight excluding hydrogens is 473 g/mol. The molecule has 0 aliphatic carbocycles. The van der Waals surface area contributed by atoms with Crippen LogP contribution in [0.4, 0.5) is 0 Å². The molecule has 0 atom stereocenters. The Morgan fingerprint density at radius 2 is 1.06 bits per heavy atom. The third-order valence-corrected chi connectivity index (χ3v) is 5.84. The van der Waals surface area contributed by atoms with Gasteiger partial charge in [-0.15, -0.1) is 0 Å². The van der Waals surface area contributed by atoms with Crippen LogP contribution in [0.5, 0.6) is 11.5 Å². The molecule has 184 valence electrons. The predicted octanol–water partition coefficient (Wildman–Crippen LogP) is 6.16. The molecule has 34 heavy (non-hydrogen) atoms. The van der Waals surface area contributed by atoms with Gasteiger partial charge in [-0.1, -0.05) is 23.2 Å². The van der Waals surface area contributed by atoms with E-state index in [9.17, 15) is 0 Å². The minimum Gasteiger partial charge on any atom is -0.492 e. The number of nitrogens with two attached hydrogens (primary N) is 2. The quantitative estimate of drug-likeness (QED) is 0.106. The van der Waals surface area contributed by atoms with Gasteiger partial charge < -0.3 is 26.4 Å². The maximum absolute atomic E-state index is 8.13. The van der Waals surface area contributed by atoms with Crippen molar-refractivity contribution < 1.29 is 9.47 Å². The van der Waals surface area contributed by atoms with Gasteiger partial charge in [-0.2, -0.15) is 0 Å². The van der Waals surface area contributed by atoms with Gasteiger partial charge in [0.15, 0.2) is 0 Å². The van der Waals surface area contributed by atoms with Crippen LogP contribution in [0.1, 0.15) is 62.5 Å². The van der Waals surface area contributed by atoms with Crippen LogP contribution in [-0.4, -0.2) is 30.6 Å². The summed E-state index contributed by atoms with van der Waals surface area (Å²) in [7, 11) is 0. The van der Waals surface area contributed by atoms with Crippen molar-refractivity contribution in [1.29, 1.82) is 16.2 Å². The maximum atomic E-state index is 8.13. The van der Waals surface area contributed by atoms with Crippen molar-refractivity contribution in [3.8, 4) is 11.5 Å². The highest BCUT2D eigenvalue weighted by atomic mass is 35.5.